The molecule has 6 heteroatoms. The van der Waals surface area contributed by atoms with Gasteiger partial charge in [0.1, 0.15) is 5.75 Å². The van der Waals surface area contributed by atoms with E-state index in [0.29, 0.717) is 22.2 Å². The van der Waals surface area contributed by atoms with Crippen LogP contribution in [0.1, 0.15) is 35.1 Å². The maximum Gasteiger partial charge on any atom is 0.276 e. The Kier molecular flexibility index (Phi) is 4.85. The number of hydrogen-bond acceptors (Lipinski definition) is 3. The summed E-state index contributed by atoms with van der Waals surface area (Å²) < 4.78 is 5.23. The standard InChI is InChI=1S/C15H18ClN3O2/c1-4-5-10-7-13(19-18-10)15(20)17-12-6-9(2)11(16)8-14(12)21-3/h6-8H,4-5H2,1-3H3,(H,17,20)(H,18,19). The average molecular weight is 308 g/mol. The molecule has 0 aliphatic rings. The van der Waals surface area contributed by atoms with Gasteiger partial charge in [-0.15, -0.1) is 0 Å². The monoisotopic (exact) mass is 307 g/mol. The molecule has 0 bridgehead atoms. The molecule has 21 heavy (non-hydrogen) atoms. The Balaban J connectivity index is 2.20. The number of nitrogens with one attached hydrogen (secondary N) is 2. The number of rotatable bonds is 5. The number of H-pyrrole nitrogens is 1. The molecule has 0 saturated carbocycles. The lowest BCUT2D eigenvalue weighted by Crippen LogP contribution is -2.13. The van der Waals surface area contributed by atoms with Crippen molar-refractivity contribution in [1.29, 1.82) is 0 Å². The zero-order valence-electron chi connectivity index (χ0n) is 12.3. The highest BCUT2D eigenvalue weighted by Crippen LogP contribution is 2.31. The smallest absolute Gasteiger partial charge is 0.276 e. The number of aromatic nitrogens is 2. The van der Waals surface area contributed by atoms with Crippen LogP contribution in [0.25, 0.3) is 0 Å². The molecule has 5 nitrogen and oxygen atoms in total. The number of nitrogens with zero attached hydrogens (tertiary/aromatic N) is 1. The second kappa shape index (κ2) is 6.63. The van der Waals surface area contributed by atoms with Crippen LogP contribution in [0.5, 0.6) is 5.75 Å². The highest BCUT2D eigenvalue weighted by atomic mass is 35.5. The van der Waals surface area contributed by atoms with E-state index < -0.39 is 0 Å². The lowest BCUT2D eigenvalue weighted by Gasteiger charge is -2.11. The van der Waals surface area contributed by atoms with Gasteiger partial charge >= 0.3 is 0 Å². The van der Waals surface area contributed by atoms with E-state index in [1.807, 2.05) is 6.92 Å². The lowest BCUT2D eigenvalue weighted by atomic mass is 10.2. The zero-order valence-corrected chi connectivity index (χ0v) is 13.0. The Labute approximate surface area is 128 Å². The third-order valence-electron chi connectivity index (χ3n) is 3.11. The molecule has 2 rings (SSSR count). The van der Waals surface area contributed by atoms with E-state index in [1.165, 1.54) is 7.11 Å². The van der Waals surface area contributed by atoms with E-state index in [4.69, 9.17) is 16.3 Å². The van der Waals surface area contributed by atoms with Crippen molar-refractivity contribution in [2.45, 2.75) is 26.7 Å². The summed E-state index contributed by atoms with van der Waals surface area (Å²) in [6, 6.07) is 5.21. The molecule has 1 heterocycles. The number of hydrogen-bond donors (Lipinski definition) is 2. The maximum atomic E-state index is 12.2. The van der Waals surface area contributed by atoms with Crippen molar-refractivity contribution in [2.75, 3.05) is 12.4 Å². The molecule has 112 valence electrons. The van der Waals surface area contributed by atoms with E-state index in [1.54, 1.807) is 18.2 Å². The number of aromatic amines is 1. The Morgan fingerprint density at radius 1 is 1.43 bits per heavy atom. The number of aryl methyl sites for hydroxylation is 2. The molecular weight excluding hydrogens is 290 g/mol. The Bertz CT molecular complexity index is 652. The number of methoxy groups -OCH3 is 1. The molecule has 0 spiro atoms. The molecule has 1 aromatic carbocycles. The Morgan fingerprint density at radius 2 is 2.19 bits per heavy atom. The molecule has 0 unspecified atom stereocenters. The second-order valence-corrected chi connectivity index (χ2v) is 5.19. The van der Waals surface area contributed by atoms with Crippen LogP contribution in [-0.2, 0) is 6.42 Å². The van der Waals surface area contributed by atoms with E-state index in [2.05, 4.69) is 22.4 Å². The first-order valence-electron chi connectivity index (χ1n) is 6.75. The maximum absolute atomic E-state index is 12.2. The highest BCUT2D eigenvalue weighted by molar-refractivity contribution is 6.31. The van der Waals surface area contributed by atoms with Gasteiger partial charge in [-0.2, -0.15) is 5.10 Å². The molecule has 2 N–H and O–H groups in total. The van der Waals surface area contributed by atoms with Crippen LogP contribution in [0.4, 0.5) is 5.69 Å². The number of halogens is 1. The van der Waals surface area contributed by atoms with Crippen LogP contribution in [-0.4, -0.2) is 23.2 Å². The van der Waals surface area contributed by atoms with Crippen LogP contribution >= 0.6 is 11.6 Å². The normalized spacial score (nSPS) is 10.5. The molecule has 0 aliphatic heterocycles. The van der Waals surface area contributed by atoms with Gasteiger partial charge in [0.05, 0.1) is 12.8 Å². The molecular formula is C15H18ClN3O2. The molecule has 0 radical (unpaired) electrons. The topological polar surface area (TPSA) is 67.0 Å². The fourth-order valence-corrected chi connectivity index (χ4v) is 2.15. The number of carbonyl (C=O) groups excluding carboxylic acids is 1. The number of carbonyl (C=O) groups is 1. The third kappa shape index (κ3) is 3.55. The van der Waals surface area contributed by atoms with E-state index in [0.717, 1.165) is 24.1 Å². The van der Waals surface area contributed by atoms with Crippen LogP contribution in [0, 0.1) is 6.92 Å². The predicted molar refractivity (Wildman–Crippen MR) is 83.3 cm³/mol. The van der Waals surface area contributed by atoms with Crippen LogP contribution in [0.2, 0.25) is 5.02 Å². The summed E-state index contributed by atoms with van der Waals surface area (Å²) >= 11 is 6.05. The number of benzene rings is 1. The van der Waals surface area contributed by atoms with Crippen LogP contribution < -0.4 is 10.1 Å². The van der Waals surface area contributed by atoms with E-state index in [9.17, 15) is 4.79 Å². The van der Waals surface area contributed by atoms with E-state index >= 15 is 0 Å². The number of amides is 1. The predicted octanol–water partition coefficient (Wildman–Crippen LogP) is 3.58. The number of anilines is 1. The van der Waals surface area contributed by atoms with Crippen molar-refractivity contribution < 1.29 is 9.53 Å². The minimum Gasteiger partial charge on any atom is -0.495 e. The van der Waals surface area contributed by atoms with Gasteiger partial charge in [0, 0.05) is 16.8 Å². The average Bonchev–Trinajstić information content (AvgIpc) is 2.91. The van der Waals surface area contributed by atoms with Crippen molar-refractivity contribution in [2.24, 2.45) is 0 Å². The van der Waals surface area contributed by atoms with Gasteiger partial charge in [-0.3, -0.25) is 9.89 Å². The largest absolute Gasteiger partial charge is 0.495 e. The summed E-state index contributed by atoms with van der Waals surface area (Å²) in [6.07, 6.45) is 1.86. The zero-order chi connectivity index (χ0) is 15.4. The van der Waals surface area contributed by atoms with Gasteiger partial charge in [-0.25, -0.2) is 0 Å². The molecule has 1 aromatic heterocycles. The van der Waals surface area contributed by atoms with Gasteiger partial charge < -0.3 is 10.1 Å². The van der Waals surface area contributed by atoms with Crippen molar-refractivity contribution >= 4 is 23.2 Å². The molecule has 0 aliphatic carbocycles. The third-order valence-corrected chi connectivity index (χ3v) is 3.52. The summed E-state index contributed by atoms with van der Waals surface area (Å²) in [6.45, 7) is 3.94. The van der Waals surface area contributed by atoms with Gasteiger partial charge in [0.25, 0.3) is 5.91 Å². The Hall–Kier alpha value is -2.01. The van der Waals surface area contributed by atoms with Crippen molar-refractivity contribution in [3.63, 3.8) is 0 Å². The fourth-order valence-electron chi connectivity index (χ4n) is 1.99. The molecule has 0 atom stereocenters. The SMILES string of the molecule is CCCc1cc(C(=O)Nc2cc(C)c(Cl)cc2OC)n[nH]1. The number of ether oxygens (including phenoxy) is 1. The summed E-state index contributed by atoms with van der Waals surface area (Å²) in [4.78, 5) is 12.2. The van der Waals surface area contributed by atoms with Crippen LogP contribution in [0.15, 0.2) is 18.2 Å². The van der Waals surface area contributed by atoms with Gasteiger partial charge in [0.2, 0.25) is 0 Å². The first-order chi connectivity index (χ1) is 10.0. The minimum absolute atomic E-state index is 0.284. The quantitative estimate of drug-likeness (QED) is 0.887. The Morgan fingerprint density at radius 3 is 2.86 bits per heavy atom. The summed E-state index contributed by atoms with van der Waals surface area (Å²) in [5.74, 6) is 0.233. The van der Waals surface area contributed by atoms with Crippen LogP contribution in [0.3, 0.4) is 0 Å². The first-order valence-corrected chi connectivity index (χ1v) is 7.12. The van der Waals surface area contributed by atoms with Crippen molar-refractivity contribution in [3.8, 4) is 5.75 Å². The van der Waals surface area contributed by atoms with Crippen molar-refractivity contribution in [1.82, 2.24) is 10.2 Å². The van der Waals surface area contributed by atoms with Gasteiger partial charge in [0.15, 0.2) is 5.69 Å². The summed E-state index contributed by atoms with van der Waals surface area (Å²) in [7, 11) is 1.53. The summed E-state index contributed by atoms with van der Waals surface area (Å²) in [5, 5.41) is 10.3. The lowest BCUT2D eigenvalue weighted by molar-refractivity contribution is 0.102. The fraction of sp³-hybridized carbons (Fsp3) is 0.333. The van der Waals surface area contributed by atoms with Gasteiger partial charge in [-0.1, -0.05) is 24.9 Å². The highest BCUT2D eigenvalue weighted by Gasteiger charge is 2.14. The van der Waals surface area contributed by atoms with E-state index in [-0.39, 0.29) is 5.91 Å². The summed E-state index contributed by atoms with van der Waals surface area (Å²) in [5.41, 5.74) is 2.74. The molecule has 1 amide bonds. The molecule has 0 fully saturated rings. The van der Waals surface area contributed by atoms with Gasteiger partial charge in [-0.05, 0) is 31.0 Å². The second-order valence-electron chi connectivity index (χ2n) is 4.78. The first kappa shape index (κ1) is 15.4. The minimum atomic E-state index is -0.284. The molecule has 0 saturated heterocycles. The van der Waals surface area contributed by atoms with Crippen molar-refractivity contribution in [3.05, 3.63) is 40.2 Å². The molecule has 2 aromatic rings.